The normalized spacial score (nSPS) is 10.5. The molecule has 128 valence electrons. The van der Waals surface area contributed by atoms with Gasteiger partial charge in [-0.05, 0) is 59.3 Å². The van der Waals surface area contributed by atoms with Crippen LogP contribution in [0.15, 0.2) is 42.7 Å². The van der Waals surface area contributed by atoms with Gasteiger partial charge in [0.25, 0.3) is 5.91 Å². The van der Waals surface area contributed by atoms with E-state index in [4.69, 9.17) is 27.9 Å². The van der Waals surface area contributed by atoms with Gasteiger partial charge in [0.1, 0.15) is 12.1 Å². The standard InChI is InChI=1S/C16H13Cl2N5O2/c1-10-6-12(3-4-14(10)23-9-19-21-22-23)20-16(24)8-25-15-5-2-11(17)7-13(15)18/h2-7,9H,8H2,1H3,(H,20,24). The number of nitrogens with zero attached hydrogens (tertiary/aromatic N) is 4. The number of carbonyl (C=O) groups is 1. The van der Waals surface area contributed by atoms with Crippen molar-refractivity contribution in [3.63, 3.8) is 0 Å². The van der Waals surface area contributed by atoms with Crippen LogP contribution < -0.4 is 10.1 Å². The summed E-state index contributed by atoms with van der Waals surface area (Å²) in [5.41, 5.74) is 2.38. The van der Waals surface area contributed by atoms with Gasteiger partial charge in [-0.1, -0.05) is 23.2 Å². The molecule has 25 heavy (non-hydrogen) atoms. The van der Waals surface area contributed by atoms with Gasteiger partial charge in [-0.2, -0.15) is 0 Å². The zero-order valence-corrected chi connectivity index (χ0v) is 14.6. The fourth-order valence-corrected chi connectivity index (χ4v) is 2.66. The molecule has 1 aromatic heterocycles. The Bertz CT molecular complexity index is 900. The van der Waals surface area contributed by atoms with E-state index in [1.165, 1.54) is 6.33 Å². The third-order valence-corrected chi connectivity index (χ3v) is 3.86. The second-order valence-electron chi connectivity index (χ2n) is 5.17. The molecule has 0 radical (unpaired) electrons. The molecule has 1 heterocycles. The number of aryl methyl sites for hydroxylation is 1. The van der Waals surface area contributed by atoms with Crippen molar-refractivity contribution in [1.82, 2.24) is 20.2 Å². The summed E-state index contributed by atoms with van der Waals surface area (Å²) in [6.07, 6.45) is 1.50. The number of halogens is 2. The SMILES string of the molecule is Cc1cc(NC(=O)COc2ccc(Cl)cc2Cl)ccc1-n1cnnn1. The summed E-state index contributed by atoms with van der Waals surface area (Å²) >= 11 is 11.8. The monoisotopic (exact) mass is 377 g/mol. The largest absolute Gasteiger partial charge is 0.482 e. The van der Waals surface area contributed by atoms with Gasteiger partial charge < -0.3 is 10.1 Å². The van der Waals surface area contributed by atoms with Gasteiger partial charge in [-0.15, -0.1) is 5.10 Å². The van der Waals surface area contributed by atoms with Crippen LogP contribution in [0.2, 0.25) is 10.0 Å². The average molecular weight is 378 g/mol. The van der Waals surface area contributed by atoms with Crippen LogP contribution >= 0.6 is 23.2 Å². The van der Waals surface area contributed by atoms with Gasteiger partial charge in [0.2, 0.25) is 0 Å². The summed E-state index contributed by atoms with van der Waals surface area (Å²) in [5.74, 6) is 0.0898. The fourth-order valence-electron chi connectivity index (χ4n) is 2.19. The van der Waals surface area contributed by atoms with Gasteiger partial charge in [0.05, 0.1) is 10.7 Å². The van der Waals surface area contributed by atoms with Crippen LogP contribution in [0.25, 0.3) is 5.69 Å². The van der Waals surface area contributed by atoms with E-state index in [1.54, 1.807) is 28.9 Å². The summed E-state index contributed by atoms with van der Waals surface area (Å²) in [6, 6.07) is 10.2. The number of hydrogen-bond acceptors (Lipinski definition) is 5. The van der Waals surface area contributed by atoms with E-state index in [0.717, 1.165) is 11.3 Å². The predicted molar refractivity (Wildman–Crippen MR) is 94.5 cm³/mol. The van der Waals surface area contributed by atoms with Crippen molar-refractivity contribution < 1.29 is 9.53 Å². The molecule has 0 bridgehead atoms. The molecule has 9 heteroatoms. The van der Waals surface area contributed by atoms with E-state index in [2.05, 4.69) is 20.8 Å². The molecule has 0 aliphatic carbocycles. The molecule has 0 unspecified atom stereocenters. The minimum absolute atomic E-state index is 0.171. The molecule has 7 nitrogen and oxygen atoms in total. The van der Waals surface area contributed by atoms with E-state index in [1.807, 2.05) is 19.1 Å². The topological polar surface area (TPSA) is 81.9 Å². The summed E-state index contributed by atoms with van der Waals surface area (Å²) in [5, 5.41) is 14.7. The maximum Gasteiger partial charge on any atom is 0.262 e. The molecule has 0 fully saturated rings. The van der Waals surface area contributed by atoms with Crippen LogP contribution in [0.5, 0.6) is 5.75 Å². The lowest BCUT2D eigenvalue weighted by molar-refractivity contribution is -0.118. The summed E-state index contributed by atoms with van der Waals surface area (Å²) < 4.78 is 6.95. The van der Waals surface area contributed by atoms with E-state index in [9.17, 15) is 4.79 Å². The molecule has 0 saturated heterocycles. The molecule has 2 aromatic carbocycles. The number of hydrogen-bond donors (Lipinski definition) is 1. The number of ether oxygens (including phenoxy) is 1. The fraction of sp³-hybridized carbons (Fsp3) is 0.125. The lowest BCUT2D eigenvalue weighted by atomic mass is 10.2. The Morgan fingerprint density at radius 2 is 2.08 bits per heavy atom. The van der Waals surface area contributed by atoms with Crippen LogP contribution in [-0.4, -0.2) is 32.7 Å². The molecule has 0 saturated carbocycles. The lowest BCUT2D eigenvalue weighted by Gasteiger charge is -2.11. The number of benzene rings is 2. The number of amides is 1. The van der Waals surface area contributed by atoms with Crippen molar-refractivity contribution in [3.05, 3.63) is 58.3 Å². The first-order valence-corrected chi connectivity index (χ1v) is 8.00. The number of tetrazole rings is 1. The van der Waals surface area contributed by atoms with E-state index in [0.29, 0.717) is 21.5 Å². The Balaban J connectivity index is 1.62. The second kappa shape index (κ2) is 7.50. The average Bonchev–Trinajstić information content (AvgIpc) is 3.08. The predicted octanol–water partition coefficient (Wildman–Crippen LogP) is 3.30. The molecule has 0 aliphatic rings. The van der Waals surface area contributed by atoms with Gasteiger partial charge in [-0.25, -0.2) is 4.68 Å². The van der Waals surface area contributed by atoms with Crippen LogP contribution in [0.3, 0.4) is 0 Å². The first kappa shape index (κ1) is 17.2. The second-order valence-corrected chi connectivity index (χ2v) is 6.01. The molecule has 0 atom stereocenters. The Morgan fingerprint density at radius 3 is 2.76 bits per heavy atom. The summed E-state index contributed by atoms with van der Waals surface area (Å²) in [7, 11) is 0. The van der Waals surface area contributed by atoms with Gasteiger partial charge >= 0.3 is 0 Å². The van der Waals surface area contributed by atoms with Crippen molar-refractivity contribution >= 4 is 34.8 Å². The number of rotatable bonds is 5. The van der Waals surface area contributed by atoms with Crippen molar-refractivity contribution in [2.45, 2.75) is 6.92 Å². The lowest BCUT2D eigenvalue weighted by Crippen LogP contribution is -2.20. The highest BCUT2D eigenvalue weighted by Crippen LogP contribution is 2.27. The molecule has 0 spiro atoms. The maximum atomic E-state index is 12.0. The molecule has 1 N–H and O–H groups in total. The highest BCUT2D eigenvalue weighted by atomic mass is 35.5. The Hall–Kier alpha value is -2.64. The molecule has 1 amide bonds. The highest BCUT2D eigenvalue weighted by molar-refractivity contribution is 6.35. The Labute approximate surface area is 153 Å². The minimum atomic E-state index is -0.305. The summed E-state index contributed by atoms with van der Waals surface area (Å²) in [6.45, 7) is 1.73. The molecular formula is C16H13Cl2N5O2. The first-order valence-electron chi connectivity index (χ1n) is 7.24. The number of aromatic nitrogens is 4. The number of nitrogens with one attached hydrogen (secondary N) is 1. The van der Waals surface area contributed by atoms with Crippen LogP contribution in [0.4, 0.5) is 5.69 Å². The zero-order valence-electron chi connectivity index (χ0n) is 13.1. The Morgan fingerprint density at radius 1 is 1.24 bits per heavy atom. The van der Waals surface area contributed by atoms with Gasteiger partial charge in [-0.3, -0.25) is 4.79 Å². The minimum Gasteiger partial charge on any atom is -0.482 e. The maximum absolute atomic E-state index is 12.0. The van der Waals surface area contributed by atoms with Crippen molar-refractivity contribution in [2.75, 3.05) is 11.9 Å². The quantitative estimate of drug-likeness (QED) is 0.737. The zero-order chi connectivity index (χ0) is 17.8. The smallest absolute Gasteiger partial charge is 0.262 e. The third-order valence-electron chi connectivity index (χ3n) is 3.33. The van der Waals surface area contributed by atoms with Crippen LogP contribution in [0, 0.1) is 6.92 Å². The summed E-state index contributed by atoms with van der Waals surface area (Å²) in [4.78, 5) is 12.0. The van der Waals surface area contributed by atoms with Crippen molar-refractivity contribution in [1.29, 1.82) is 0 Å². The molecule has 3 aromatic rings. The van der Waals surface area contributed by atoms with Crippen molar-refractivity contribution in [2.24, 2.45) is 0 Å². The molecule has 0 aliphatic heterocycles. The highest BCUT2D eigenvalue weighted by Gasteiger charge is 2.09. The van der Waals surface area contributed by atoms with E-state index >= 15 is 0 Å². The first-order chi connectivity index (χ1) is 12.0. The Kier molecular flexibility index (Phi) is 5.16. The van der Waals surface area contributed by atoms with Gasteiger partial charge in [0.15, 0.2) is 6.61 Å². The number of anilines is 1. The van der Waals surface area contributed by atoms with E-state index < -0.39 is 0 Å². The third kappa shape index (κ3) is 4.26. The number of carbonyl (C=O) groups excluding carboxylic acids is 1. The molecular weight excluding hydrogens is 365 g/mol. The van der Waals surface area contributed by atoms with E-state index in [-0.39, 0.29) is 12.5 Å². The van der Waals surface area contributed by atoms with Crippen LogP contribution in [-0.2, 0) is 4.79 Å². The van der Waals surface area contributed by atoms with Gasteiger partial charge in [0, 0.05) is 10.7 Å². The molecule has 3 rings (SSSR count). The van der Waals surface area contributed by atoms with Crippen molar-refractivity contribution in [3.8, 4) is 11.4 Å². The van der Waals surface area contributed by atoms with Crippen LogP contribution in [0.1, 0.15) is 5.56 Å².